The first-order valence-corrected chi connectivity index (χ1v) is 7.20. The highest BCUT2D eigenvalue weighted by molar-refractivity contribution is 7.99. The van der Waals surface area contributed by atoms with Crippen LogP contribution in [0.2, 0.25) is 0 Å². The summed E-state index contributed by atoms with van der Waals surface area (Å²) in [4.78, 5) is 45.6. The number of hydrazine groups is 1. The topological polar surface area (TPSA) is 104 Å². The van der Waals surface area contributed by atoms with Crippen LogP contribution in [0, 0.1) is 0 Å². The number of aliphatic carboxylic acids is 1. The van der Waals surface area contributed by atoms with E-state index >= 15 is 0 Å². The van der Waals surface area contributed by atoms with Crippen molar-refractivity contribution in [2.75, 3.05) is 11.5 Å². The number of carboxylic acids is 1. The minimum atomic E-state index is -1.20. The van der Waals surface area contributed by atoms with Crippen LogP contribution < -0.4 is 5.43 Å². The number of imide groups is 1. The van der Waals surface area contributed by atoms with Gasteiger partial charge < -0.3 is 9.90 Å². The first-order valence-electron chi connectivity index (χ1n) is 6.04. The summed E-state index contributed by atoms with van der Waals surface area (Å²) in [6, 6.07) is 5.13. The normalized spacial score (nSPS) is 15.0. The van der Waals surface area contributed by atoms with Crippen LogP contribution in [0.25, 0.3) is 0 Å². The van der Waals surface area contributed by atoms with Gasteiger partial charge in [-0.25, -0.2) is 10.4 Å². The predicted octanol–water partition coefficient (Wildman–Crippen LogP) is 0.172. The number of aldehydes is 1. The molecule has 2 rings (SSSR count). The van der Waals surface area contributed by atoms with Gasteiger partial charge in [0.2, 0.25) is 0 Å². The van der Waals surface area contributed by atoms with Crippen molar-refractivity contribution in [3.8, 4) is 0 Å². The predicted molar refractivity (Wildman–Crippen MR) is 74.9 cm³/mol. The molecule has 2 amide bonds. The average Bonchev–Trinajstić information content (AvgIpc) is 2.71. The van der Waals surface area contributed by atoms with Crippen LogP contribution in [-0.2, 0) is 9.59 Å². The molecule has 1 aromatic rings. The number of carbonyl (C=O) groups is 4. The van der Waals surface area contributed by atoms with Gasteiger partial charge in [-0.2, -0.15) is 11.8 Å². The third-order valence-corrected chi connectivity index (χ3v) is 3.79. The van der Waals surface area contributed by atoms with Gasteiger partial charge >= 0.3 is 5.97 Å². The van der Waals surface area contributed by atoms with Gasteiger partial charge in [0.05, 0.1) is 11.1 Å². The van der Waals surface area contributed by atoms with Crippen molar-refractivity contribution in [3.05, 3.63) is 35.4 Å². The van der Waals surface area contributed by atoms with Crippen LogP contribution in [0.4, 0.5) is 0 Å². The summed E-state index contributed by atoms with van der Waals surface area (Å²) in [5.41, 5.74) is 2.89. The Morgan fingerprint density at radius 3 is 2.33 bits per heavy atom. The molecule has 1 heterocycles. The van der Waals surface area contributed by atoms with Crippen molar-refractivity contribution in [2.24, 2.45) is 0 Å². The molecule has 1 aliphatic rings. The van der Waals surface area contributed by atoms with E-state index in [9.17, 15) is 19.2 Å². The molecule has 0 saturated carbocycles. The fraction of sp³-hybridized carbons (Fsp3) is 0.231. The maximum Gasteiger partial charge on any atom is 0.323 e. The first kappa shape index (κ1) is 15.2. The molecule has 1 unspecified atom stereocenters. The molecule has 0 radical (unpaired) electrons. The number of amides is 2. The third kappa shape index (κ3) is 3.11. The van der Waals surface area contributed by atoms with E-state index in [1.54, 1.807) is 12.1 Å². The third-order valence-electron chi connectivity index (χ3n) is 2.85. The smallest absolute Gasteiger partial charge is 0.323 e. The van der Waals surface area contributed by atoms with E-state index in [0.29, 0.717) is 11.3 Å². The van der Waals surface area contributed by atoms with Crippen molar-refractivity contribution >= 4 is 35.8 Å². The summed E-state index contributed by atoms with van der Waals surface area (Å²) in [6.45, 7) is 0. The lowest BCUT2D eigenvalue weighted by Gasteiger charge is -2.20. The second-order valence-electron chi connectivity index (χ2n) is 4.22. The standard InChI is InChI=1S/C13H12N2O5S/c16-5-6-21-7-10(13(19)20)14-15-11(17)8-3-1-2-4-9(8)12(15)18/h1-5,10,14H,6-7H2,(H,19,20). The Morgan fingerprint density at radius 1 is 1.29 bits per heavy atom. The molecule has 0 aromatic heterocycles. The highest BCUT2D eigenvalue weighted by atomic mass is 32.2. The fourth-order valence-electron chi connectivity index (χ4n) is 1.86. The summed E-state index contributed by atoms with van der Waals surface area (Å²) >= 11 is 1.10. The molecule has 21 heavy (non-hydrogen) atoms. The lowest BCUT2D eigenvalue weighted by Crippen LogP contribution is -2.52. The minimum Gasteiger partial charge on any atom is -0.480 e. The quantitative estimate of drug-likeness (QED) is 0.420. The SMILES string of the molecule is O=CCSCC(NN1C(=O)c2ccccc2C1=O)C(=O)O. The first-order chi connectivity index (χ1) is 10.1. The van der Waals surface area contributed by atoms with Gasteiger partial charge in [0.25, 0.3) is 11.8 Å². The van der Waals surface area contributed by atoms with E-state index in [-0.39, 0.29) is 22.6 Å². The van der Waals surface area contributed by atoms with E-state index in [2.05, 4.69) is 5.43 Å². The molecular weight excluding hydrogens is 296 g/mol. The lowest BCUT2D eigenvalue weighted by atomic mass is 10.1. The second kappa shape index (κ2) is 6.51. The summed E-state index contributed by atoms with van der Waals surface area (Å²) in [5, 5.41) is 9.82. The Hall–Kier alpha value is -2.19. The van der Waals surface area contributed by atoms with Crippen molar-refractivity contribution < 1.29 is 24.3 Å². The van der Waals surface area contributed by atoms with Gasteiger partial charge in [-0.15, -0.1) is 0 Å². The summed E-state index contributed by atoms with van der Waals surface area (Å²) in [5.74, 6) is -2.16. The molecule has 2 N–H and O–H groups in total. The van der Waals surface area contributed by atoms with E-state index < -0.39 is 23.8 Å². The Kier molecular flexibility index (Phi) is 4.71. The molecule has 8 heteroatoms. The highest BCUT2D eigenvalue weighted by Crippen LogP contribution is 2.21. The van der Waals surface area contributed by atoms with Crippen LogP contribution in [0.5, 0.6) is 0 Å². The average molecular weight is 308 g/mol. The molecule has 1 atom stereocenters. The number of thioether (sulfide) groups is 1. The molecule has 1 aliphatic heterocycles. The van der Waals surface area contributed by atoms with Gasteiger partial charge in [-0.3, -0.25) is 14.4 Å². The summed E-state index contributed by atoms with van der Waals surface area (Å²) in [6.07, 6.45) is 0.658. The zero-order valence-electron chi connectivity index (χ0n) is 10.8. The van der Waals surface area contributed by atoms with Gasteiger partial charge in [0.15, 0.2) is 0 Å². The molecule has 1 aromatic carbocycles. The maximum atomic E-state index is 12.1. The van der Waals surface area contributed by atoms with Gasteiger partial charge in [0, 0.05) is 11.5 Å². The van der Waals surface area contributed by atoms with Crippen LogP contribution in [-0.4, -0.2) is 51.7 Å². The molecule has 0 spiro atoms. The minimum absolute atomic E-state index is 0.0570. The second-order valence-corrected chi connectivity index (χ2v) is 5.29. The lowest BCUT2D eigenvalue weighted by molar-refractivity contribution is -0.139. The molecule has 0 bridgehead atoms. The van der Waals surface area contributed by atoms with E-state index in [0.717, 1.165) is 11.8 Å². The van der Waals surface area contributed by atoms with Gasteiger partial charge in [0.1, 0.15) is 12.3 Å². The van der Waals surface area contributed by atoms with Crippen molar-refractivity contribution in [3.63, 3.8) is 0 Å². The van der Waals surface area contributed by atoms with Crippen LogP contribution in [0.15, 0.2) is 24.3 Å². The zero-order chi connectivity index (χ0) is 15.4. The Labute approximate surface area is 124 Å². The number of fused-ring (bicyclic) bond motifs is 1. The Balaban J connectivity index is 2.12. The number of hydrogen-bond acceptors (Lipinski definition) is 6. The monoisotopic (exact) mass is 308 g/mol. The number of nitrogens with zero attached hydrogens (tertiary/aromatic N) is 1. The number of rotatable bonds is 7. The highest BCUT2D eigenvalue weighted by Gasteiger charge is 2.37. The largest absolute Gasteiger partial charge is 0.480 e. The zero-order valence-corrected chi connectivity index (χ0v) is 11.6. The molecule has 0 saturated heterocycles. The number of nitrogens with one attached hydrogen (secondary N) is 1. The van der Waals surface area contributed by atoms with Crippen molar-refractivity contribution in [1.29, 1.82) is 0 Å². The molecule has 7 nitrogen and oxygen atoms in total. The fourth-order valence-corrected chi connectivity index (χ4v) is 2.55. The van der Waals surface area contributed by atoms with E-state index in [4.69, 9.17) is 5.11 Å². The van der Waals surface area contributed by atoms with Crippen molar-refractivity contribution in [2.45, 2.75) is 6.04 Å². The number of benzene rings is 1. The summed E-state index contributed by atoms with van der Waals surface area (Å²) < 4.78 is 0. The van der Waals surface area contributed by atoms with E-state index in [1.165, 1.54) is 12.1 Å². The van der Waals surface area contributed by atoms with Gasteiger partial charge in [-0.1, -0.05) is 12.1 Å². The number of carbonyl (C=O) groups excluding carboxylic acids is 3. The van der Waals surface area contributed by atoms with E-state index in [1.807, 2.05) is 0 Å². The van der Waals surface area contributed by atoms with Gasteiger partial charge in [-0.05, 0) is 12.1 Å². The van der Waals surface area contributed by atoms with Crippen LogP contribution in [0.3, 0.4) is 0 Å². The van der Waals surface area contributed by atoms with Crippen molar-refractivity contribution in [1.82, 2.24) is 10.4 Å². The summed E-state index contributed by atoms with van der Waals surface area (Å²) in [7, 11) is 0. The Morgan fingerprint density at radius 2 is 1.86 bits per heavy atom. The molecular formula is C13H12N2O5S. The number of hydrogen-bond donors (Lipinski definition) is 2. The Bertz CT molecular complexity index is 569. The maximum absolute atomic E-state index is 12.1. The van der Waals surface area contributed by atoms with Crippen LogP contribution in [0.1, 0.15) is 20.7 Å². The number of carboxylic acid groups (broad SMARTS) is 1. The van der Waals surface area contributed by atoms with Crippen LogP contribution >= 0.6 is 11.8 Å². The molecule has 0 aliphatic carbocycles. The molecule has 0 fully saturated rings. The molecule has 110 valence electrons.